The third-order valence-corrected chi connectivity index (χ3v) is 9.82. The molecule has 2 N–H and O–H groups in total. The number of Topliss-reactive ketones (excluding diaryl/α,β-unsaturated/α-hetero) is 2. The minimum absolute atomic E-state index is 0.00628. The van der Waals surface area contributed by atoms with Crippen LogP contribution < -0.4 is 5.32 Å². The van der Waals surface area contributed by atoms with Gasteiger partial charge in [0.1, 0.15) is 11.6 Å². The first-order valence-corrected chi connectivity index (χ1v) is 16.4. The van der Waals surface area contributed by atoms with Gasteiger partial charge >= 0.3 is 0 Å². The zero-order chi connectivity index (χ0) is 29.9. The molecule has 4 rings (SSSR count). The van der Waals surface area contributed by atoms with Crippen molar-refractivity contribution in [1.82, 2.24) is 5.32 Å². The van der Waals surface area contributed by atoms with E-state index in [-0.39, 0.29) is 35.7 Å². The third-order valence-electron chi connectivity index (χ3n) is 9.82. The van der Waals surface area contributed by atoms with Gasteiger partial charge in [-0.15, -0.1) is 0 Å². The van der Waals surface area contributed by atoms with E-state index < -0.39 is 17.9 Å². The average molecular weight is 574 g/mol. The lowest BCUT2D eigenvalue weighted by atomic mass is 9.79. The van der Waals surface area contributed by atoms with Crippen LogP contribution >= 0.6 is 0 Å². The molecule has 1 fully saturated rings. The quantitative estimate of drug-likeness (QED) is 0.179. The highest BCUT2D eigenvalue weighted by Crippen LogP contribution is 2.37. The van der Waals surface area contributed by atoms with Crippen LogP contribution in [0.3, 0.4) is 0 Å². The Hall–Kier alpha value is -2.79. The summed E-state index contributed by atoms with van der Waals surface area (Å²) in [6.45, 7) is 4.84. The molecule has 0 aliphatic heterocycles. The van der Waals surface area contributed by atoms with Crippen LogP contribution in [0.2, 0.25) is 0 Å². The SMILES string of the molecule is CCC1=CC(O)C(CCCC2CC(=O)C(CCC3=CC=CC3C)C(CC(=O)NCCC3=CC=CCC3)C(=O)C2)C=CC1. The van der Waals surface area contributed by atoms with Gasteiger partial charge in [-0.2, -0.15) is 0 Å². The number of hydrogen-bond donors (Lipinski definition) is 2. The van der Waals surface area contributed by atoms with Gasteiger partial charge in [0, 0.05) is 43.6 Å². The number of allylic oxidation sites excluding steroid dienone is 9. The Labute approximate surface area is 253 Å². The molecule has 0 spiro atoms. The van der Waals surface area contributed by atoms with Crippen molar-refractivity contribution in [2.24, 2.45) is 29.6 Å². The van der Waals surface area contributed by atoms with Crippen molar-refractivity contribution >= 4 is 17.5 Å². The maximum Gasteiger partial charge on any atom is 0.220 e. The first-order chi connectivity index (χ1) is 20.3. The van der Waals surface area contributed by atoms with E-state index in [2.05, 4.69) is 67.8 Å². The van der Waals surface area contributed by atoms with Crippen molar-refractivity contribution in [2.45, 2.75) is 103 Å². The van der Waals surface area contributed by atoms with Crippen LogP contribution in [0.25, 0.3) is 0 Å². The monoisotopic (exact) mass is 573 g/mol. The molecule has 0 radical (unpaired) electrons. The molecular formula is C37H51NO4. The first-order valence-electron chi connectivity index (χ1n) is 16.4. The summed E-state index contributed by atoms with van der Waals surface area (Å²) in [5, 5.41) is 13.7. The molecule has 42 heavy (non-hydrogen) atoms. The molecule has 0 heterocycles. The summed E-state index contributed by atoms with van der Waals surface area (Å²) in [6.07, 6.45) is 28.0. The van der Waals surface area contributed by atoms with Crippen LogP contribution in [0.5, 0.6) is 0 Å². The van der Waals surface area contributed by atoms with Crippen LogP contribution in [0, 0.1) is 29.6 Å². The predicted octanol–water partition coefficient (Wildman–Crippen LogP) is 7.30. The second kappa shape index (κ2) is 16.2. The van der Waals surface area contributed by atoms with Crippen molar-refractivity contribution in [1.29, 1.82) is 0 Å². The van der Waals surface area contributed by atoms with E-state index in [1.54, 1.807) is 0 Å². The van der Waals surface area contributed by atoms with Gasteiger partial charge in [0.2, 0.25) is 5.91 Å². The maximum atomic E-state index is 13.7. The van der Waals surface area contributed by atoms with Gasteiger partial charge in [-0.3, -0.25) is 14.4 Å². The fraction of sp³-hybridized carbons (Fsp3) is 0.595. The lowest BCUT2D eigenvalue weighted by Crippen LogP contribution is -2.34. The van der Waals surface area contributed by atoms with E-state index in [9.17, 15) is 19.5 Å². The number of hydrogen-bond acceptors (Lipinski definition) is 4. The molecule has 1 saturated carbocycles. The Bertz CT molecular complexity index is 1150. The number of ketones is 2. The summed E-state index contributed by atoms with van der Waals surface area (Å²) in [5.74, 6) is -0.421. The third kappa shape index (κ3) is 9.36. The Morgan fingerprint density at radius 1 is 0.952 bits per heavy atom. The zero-order valence-electron chi connectivity index (χ0n) is 25.7. The van der Waals surface area contributed by atoms with Crippen molar-refractivity contribution < 1.29 is 19.5 Å². The summed E-state index contributed by atoms with van der Waals surface area (Å²) in [4.78, 5) is 40.4. The Morgan fingerprint density at radius 3 is 2.48 bits per heavy atom. The lowest BCUT2D eigenvalue weighted by molar-refractivity contribution is -0.134. The maximum absolute atomic E-state index is 13.7. The van der Waals surface area contributed by atoms with Gasteiger partial charge in [0.15, 0.2) is 0 Å². The topological polar surface area (TPSA) is 83.5 Å². The Morgan fingerprint density at radius 2 is 1.76 bits per heavy atom. The largest absolute Gasteiger partial charge is 0.388 e. The van der Waals surface area contributed by atoms with Gasteiger partial charge in [0.05, 0.1) is 6.10 Å². The highest BCUT2D eigenvalue weighted by Gasteiger charge is 2.39. The number of aliphatic hydroxyl groups excluding tert-OH is 1. The van der Waals surface area contributed by atoms with Crippen LogP contribution in [-0.2, 0) is 14.4 Å². The van der Waals surface area contributed by atoms with E-state index in [1.165, 1.54) is 16.7 Å². The fourth-order valence-corrected chi connectivity index (χ4v) is 7.08. The van der Waals surface area contributed by atoms with Gasteiger partial charge in [0.25, 0.3) is 0 Å². The standard InChI is InChI=1S/C37H51NO4/c1-3-27-13-8-16-31(34(39)22-27)17-9-14-29-23-35(40)32(19-18-30-15-7-10-26(30)2)33(36(41)24-29)25-37(42)38-21-20-28-11-5-4-6-12-28/h4-5,7-8,10-11,15-16,22,26,29,31-34,39H,3,6,9,12-14,17-21,23-25H2,1-2H3,(H,38,42). The molecule has 0 aromatic heterocycles. The molecule has 5 nitrogen and oxygen atoms in total. The number of carbonyl (C=O) groups excluding carboxylic acids is 3. The number of carbonyl (C=O) groups is 3. The molecular weight excluding hydrogens is 522 g/mol. The van der Waals surface area contributed by atoms with Crippen molar-refractivity contribution in [2.75, 3.05) is 6.54 Å². The summed E-state index contributed by atoms with van der Waals surface area (Å²) >= 11 is 0. The molecule has 4 aliphatic rings. The van der Waals surface area contributed by atoms with Gasteiger partial charge in [-0.25, -0.2) is 0 Å². The van der Waals surface area contributed by atoms with Crippen LogP contribution in [0.15, 0.2) is 71.4 Å². The van der Waals surface area contributed by atoms with Gasteiger partial charge < -0.3 is 10.4 Å². The molecule has 4 aliphatic carbocycles. The second-order valence-electron chi connectivity index (χ2n) is 12.9. The summed E-state index contributed by atoms with van der Waals surface area (Å²) in [6, 6.07) is 0. The van der Waals surface area contributed by atoms with E-state index in [0.29, 0.717) is 31.7 Å². The minimum atomic E-state index is -0.547. The fourth-order valence-electron chi connectivity index (χ4n) is 7.08. The van der Waals surface area contributed by atoms with E-state index in [4.69, 9.17) is 0 Å². The lowest BCUT2D eigenvalue weighted by Gasteiger charge is -2.23. The second-order valence-corrected chi connectivity index (χ2v) is 12.9. The smallest absolute Gasteiger partial charge is 0.220 e. The summed E-state index contributed by atoms with van der Waals surface area (Å²) < 4.78 is 0. The average Bonchev–Trinajstić information content (AvgIpc) is 3.24. The van der Waals surface area contributed by atoms with E-state index in [1.807, 2.05) is 6.08 Å². The van der Waals surface area contributed by atoms with Crippen molar-refractivity contribution in [3.05, 3.63) is 71.4 Å². The summed E-state index contributed by atoms with van der Waals surface area (Å²) in [7, 11) is 0. The molecule has 1 amide bonds. The Balaban J connectivity index is 1.36. The number of aliphatic hydroxyl groups is 1. The molecule has 6 atom stereocenters. The summed E-state index contributed by atoms with van der Waals surface area (Å²) in [5.41, 5.74) is 3.90. The van der Waals surface area contributed by atoms with Crippen LogP contribution in [-0.4, -0.2) is 35.2 Å². The molecule has 6 unspecified atom stereocenters. The normalized spacial score (nSPS) is 29.5. The molecule has 0 saturated heterocycles. The first kappa shape index (κ1) is 32.1. The van der Waals surface area contributed by atoms with Gasteiger partial charge in [-0.1, -0.05) is 91.7 Å². The van der Waals surface area contributed by atoms with Crippen molar-refractivity contribution in [3.63, 3.8) is 0 Å². The van der Waals surface area contributed by atoms with Crippen LogP contribution in [0.4, 0.5) is 0 Å². The van der Waals surface area contributed by atoms with Crippen molar-refractivity contribution in [3.8, 4) is 0 Å². The van der Waals surface area contributed by atoms with Crippen LogP contribution in [0.1, 0.15) is 97.3 Å². The zero-order valence-corrected chi connectivity index (χ0v) is 25.7. The number of nitrogens with one attached hydrogen (secondary N) is 1. The minimum Gasteiger partial charge on any atom is -0.388 e. The predicted molar refractivity (Wildman–Crippen MR) is 170 cm³/mol. The van der Waals surface area contributed by atoms with Gasteiger partial charge in [-0.05, 0) is 69.6 Å². The molecule has 0 bridgehead atoms. The van der Waals surface area contributed by atoms with E-state index in [0.717, 1.165) is 57.8 Å². The number of rotatable bonds is 13. The molecule has 228 valence electrons. The Kier molecular flexibility index (Phi) is 12.4. The number of amides is 1. The highest BCUT2D eigenvalue weighted by molar-refractivity contribution is 5.95. The molecule has 0 aromatic carbocycles. The molecule has 0 aromatic rings. The van der Waals surface area contributed by atoms with E-state index >= 15 is 0 Å². The molecule has 5 heteroatoms. The highest BCUT2D eigenvalue weighted by atomic mass is 16.3.